The molecule has 146 valence electrons. The van der Waals surface area contributed by atoms with Crippen molar-refractivity contribution in [1.29, 1.82) is 0 Å². The van der Waals surface area contributed by atoms with Crippen LogP contribution in [0.2, 0.25) is 0 Å². The first-order valence-electron chi connectivity index (χ1n) is 6.19. The molecule has 0 atom stereocenters. The number of hydrogen-bond acceptors (Lipinski definition) is 8. The van der Waals surface area contributed by atoms with E-state index in [9.17, 15) is 14.4 Å². The zero-order valence-electron chi connectivity index (χ0n) is 13.4. The van der Waals surface area contributed by atoms with Crippen molar-refractivity contribution in [1.82, 2.24) is 0 Å². The Hall–Kier alpha value is -2.57. The zero-order chi connectivity index (χ0) is 21.1. The van der Waals surface area contributed by atoms with Crippen LogP contribution in [0.4, 0.5) is 0 Å². The standard InChI is InChI=1S/C5H12O5.3C3H4O2/c6-1-5(2-7,3-8)4(9)10;3*1-2-3(4)5/h4,6-10H,1-3H2;3*2H,1H2,(H,4,5). The van der Waals surface area contributed by atoms with Gasteiger partial charge in [0.1, 0.15) is 0 Å². The molecule has 0 amide bonds. The minimum Gasteiger partial charge on any atom is -0.478 e. The summed E-state index contributed by atoms with van der Waals surface area (Å²) in [6, 6.07) is 0. The molecular weight excluding hydrogens is 344 g/mol. The van der Waals surface area contributed by atoms with Gasteiger partial charge in [0.25, 0.3) is 0 Å². The van der Waals surface area contributed by atoms with E-state index in [1.165, 1.54) is 0 Å². The SMILES string of the molecule is C=CC(=O)O.C=CC(=O)O.C=CC(=O)O.OCC(CO)(CO)C(O)O. The molecule has 0 spiro atoms. The molecule has 0 aromatic rings. The van der Waals surface area contributed by atoms with Gasteiger partial charge in [-0.1, -0.05) is 19.7 Å². The fourth-order valence-electron chi connectivity index (χ4n) is 0.395. The number of hydrogen-bond donors (Lipinski definition) is 8. The molecule has 8 N–H and O–H groups in total. The molecule has 0 radical (unpaired) electrons. The Balaban J connectivity index is -0.000000126. The second-order valence-electron chi connectivity index (χ2n) is 3.84. The maximum atomic E-state index is 9.25. The predicted molar refractivity (Wildman–Crippen MR) is 85.4 cm³/mol. The van der Waals surface area contributed by atoms with E-state index < -0.39 is 49.4 Å². The lowest BCUT2D eigenvalue weighted by Gasteiger charge is -2.28. The smallest absolute Gasteiger partial charge is 0.327 e. The molecule has 11 nitrogen and oxygen atoms in total. The summed E-state index contributed by atoms with van der Waals surface area (Å²) < 4.78 is 0. The molecule has 0 aromatic heterocycles. The molecule has 0 aliphatic rings. The lowest BCUT2D eigenvalue weighted by molar-refractivity contribution is -0.183. The Labute approximate surface area is 143 Å². The summed E-state index contributed by atoms with van der Waals surface area (Å²) in [5.74, 6) is -2.94. The molecule has 0 rings (SSSR count). The Morgan fingerprint density at radius 1 is 0.720 bits per heavy atom. The van der Waals surface area contributed by atoms with E-state index in [1.54, 1.807) is 0 Å². The van der Waals surface area contributed by atoms with E-state index in [0.717, 1.165) is 18.2 Å². The van der Waals surface area contributed by atoms with Gasteiger partial charge in [0.2, 0.25) is 0 Å². The minimum absolute atomic E-state index is 0.669. The molecule has 25 heavy (non-hydrogen) atoms. The third-order valence-electron chi connectivity index (χ3n) is 2.02. The van der Waals surface area contributed by atoms with Gasteiger partial charge in [-0.05, 0) is 0 Å². The van der Waals surface area contributed by atoms with Crippen LogP contribution in [-0.4, -0.2) is 84.9 Å². The first kappa shape index (κ1) is 30.3. The first-order valence-corrected chi connectivity index (χ1v) is 6.19. The molecule has 0 saturated carbocycles. The van der Waals surface area contributed by atoms with E-state index in [-0.39, 0.29) is 0 Å². The highest BCUT2D eigenvalue weighted by Crippen LogP contribution is 2.17. The maximum Gasteiger partial charge on any atom is 0.327 e. The van der Waals surface area contributed by atoms with Crippen LogP contribution in [0.3, 0.4) is 0 Å². The topological polar surface area (TPSA) is 213 Å². The summed E-state index contributed by atoms with van der Waals surface area (Å²) in [4.78, 5) is 27.8. The van der Waals surface area contributed by atoms with Gasteiger partial charge in [-0.2, -0.15) is 0 Å². The molecule has 0 fully saturated rings. The minimum atomic E-state index is -1.91. The van der Waals surface area contributed by atoms with Crippen molar-refractivity contribution in [3.63, 3.8) is 0 Å². The van der Waals surface area contributed by atoms with Gasteiger partial charge >= 0.3 is 17.9 Å². The summed E-state index contributed by atoms with van der Waals surface area (Å²) in [6.07, 6.45) is 0.590. The first-order chi connectivity index (χ1) is 11.4. The monoisotopic (exact) mass is 368 g/mol. The van der Waals surface area contributed by atoms with Gasteiger partial charge in [0.05, 0.1) is 25.2 Å². The van der Waals surface area contributed by atoms with Crippen molar-refractivity contribution in [2.45, 2.75) is 6.29 Å². The molecule has 0 bridgehead atoms. The summed E-state index contributed by atoms with van der Waals surface area (Å²) in [5.41, 5.74) is -1.60. The molecule has 0 aromatic carbocycles. The van der Waals surface area contributed by atoms with E-state index >= 15 is 0 Å². The fourth-order valence-corrected chi connectivity index (χ4v) is 0.395. The molecule has 0 aliphatic heterocycles. The van der Waals surface area contributed by atoms with Crippen molar-refractivity contribution in [2.24, 2.45) is 5.41 Å². The van der Waals surface area contributed by atoms with Crippen LogP contribution in [-0.2, 0) is 14.4 Å². The maximum absolute atomic E-state index is 9.25. The van der Waals surface area contributed by atoms with Crippen LogP contribution in [0.25, 0.3) is 0 Å². The van der Waals surface area contributed by atoms with Gasteiger partial charge in [-0.3, -0.25) is 0 Å². The van der Waals surface area contributed by atoms with Crippen LogP contribution in [0, 0.1) is 5.41 Å². The van der Waals surface area contributed by atoms with Gasteiger partial charge in [-0.25, -0.2) is 14.4 Å². The third-order valence-corrected chi connectivity index (χ3v) is 2.02. The molecule has 0 saturated heterocycles. The van der Waals surface area contributed by atoms with Crippen LogP contribution in [0.1, 0.15) is 0 Å². The van der Waals surface area contributed by atoms with Gasteiger partial charge in [-0.15, -0.1) is 0 Å². The Morgan fingerprint density at radius 3 is 0.880 bits per heavy atom. The zero-order valence-corrected chi connectivity index (χ0v) is 13.4. The normalized spacial score (nSPS) is 8.88. The van der Waals surface area contributed by atoms with Crippen molar-refractivity contribution in [2.75, 3.05) is 19.8 Å². The Kier molecular flexibility index (Phi) is 23.6. The van der Waals surface area contributed by atoms with Gasteiger partial charge in [0, 0.05) is 18.2 Å². The van der Waals surface area contributed by atoms with Crippen molar-refractivity contribution < 1.29 is 55.2 Å². The number of aliphatic hydroxyl groups is 5. The van der Waals surface area contributed by atoms with E-state index in [0.29, 0.717) is 0 Å². The highest BCUT2D eigenvalue weighted by atomic mass is 16.5. The van der Waals surface area contributed by atoms with Crippen LogP contribution in [0.15, 0.2) is 38.0 Å². The highest BCUT2D eigenvalue weighted by Gasteiger charge is 2.35. The summed E-state index contributed by atoms with van der Waals surface area (Å²) >= 11 is 0. The fraction of sp³-hybridized carbons (Fsp3) is 0.357. The van der Waals surface area contributed by atoms with E-state index in [2.05, 4.69) is 19.7 Å². The third kappa shape index (κ3) is 23.8. The number of carboxylic acid groups (broad SMARTS) is 3. The highest BCUT2D eigenvalue weighted by molar-refractivity contribution is 5.79. The van der Waals surface area contributed by atoms with E-state index in [4.69, 9.17) is 40.9 Å². The van der Waals surface area contributed by atoms with Crippen LogP contribution >= 0.6 is 0 Å². The number of rotatable bonds is 7. The number of aliphatic carboxylic acids is 3. The van der Waals surface area contributed by atoms with Crippen molar-refractivity contribution in [3.05, 3.63) is 38.0 Å². The van der Waals surface area contributed by atoms with Crippen molar-refractivity contribution in [3.8, 4) is 0 Å². The molecule has 0 aliphatic carbocycles. The average molecular weight is 368 g/mol. The predicted octanol–water partition coefficient (Wildman–Crippen LogP) is -1.97. The van der Waals surface area contributed by atoms with Crippen molar-refractivity contribution >= 4 is 17.9 Å². The summed E-state index contributed by atoms with van der Waals surface area (Å²) in [5, 5.41) is 65.4. The van der Waals surface area contributed by atoms with Gasteiger partial charge in [0.15, 0.2) is 6.29 Å². The van der Waals surface area contributed by atoms with Crippen LogP contribution in [0.5, 0.6) is 0 Å². The Morgan fingerprint density at radius 2 is 0.880 bits per heavy atom. The second-order valence-corrected chi connectivity index (χ2v) is 3.84. The number of aliphatic hydroxyl groups excluding tert-OH is 4. The lowest BCUT2D eigenvalue weighted by atomic mass is 9.91. The quantitative estimate of drug-likeness (QED) is 0.182. The summed E-state index contributed by atoms with van der Waals surface area (Å²) in [6.45, 7) is 6.88. The molecule has 0 unspecified atom stereocenters. The molecule has 0 heterocycles. The number of carboxylic acids is 3. The summed E-state index contributed by atoms with van der Waals surface area (Å²) in [7, 11) is 0. The van der Waals surface area contributed by atoms with Gasteiger partial charge < -0.3 is 40.9 Å². The van der Waals surface area contributed by atoms with E-state index in [1.807, 2.05) is 0 Å². The Bertz CT molecular complexity index is 360. The average Bonchev–Trinajstić information content (AvgIpc) is 2.58. The lowest BCUT2D eigenvalue weighted by Crippen LogP contribution is -2.45. The second kappa shape index (κ2) is 19.5. The molecular formula is C14H24O11. The molecule has 11 heteroatoms. The van der Waals surface area contributed by atoms with Crippen LogP contribution < -0.4 is 0 Å². The largest absolute Gasteiger partial charge is 0.478 e. The number of carbonyl (C=O) groups is 3.